The second-order valence-electron chi connectivity index (χ2n) is 6.19. The minimum atomic E-state index is -1.09. The van der Waals surface area contributed by atoms with Crippen LogP contribution >= 0.6 is 0 Å². The van der Waals surface area contributed by atoms with Gasteiger partial charge in [-0.1, -0.05) is 0 Å². The van der Waals surface area contributed by atoms with Crippen molar-refractivity contribution in [2.45, 2.75) is 52.7 Å². The van der Waals surface area contributed by atoms with Crippen LogP contribution in [0, 0.1) is 0 Å². The van der Waals surface area contributed by atoms with Gasteiger partial charge in [-0.05, 0) is 65.8 Å². The van der Waals surface area contributed by atoms with Crippen molar-refractivity contribution in [3.05, 3.63) is 29.8 Å². The molecule has 4 heteroatoms. The molecule has 0 heterocycles. The van der Waals surface area contributed by atoms with Gasteiger partial charge in [-0.25, -0.2) is 4.79 Å². The maximum atomic E-state index is 12.1. The van der Waals surface area contributed by atoms with Crippen LogP contribution in [0.3, 0.4) is 0 Å². The Labute approximate surface area is 120 Å². The number of rotatable bonds is 4. The molecule has 0 aliphatic rings. The highest BCUT2D eigenvalue weighted by molar-refractivity contribution is 5.94. The monoisotopic (exact) mass is 278 g/mol. The third kappa shape index (κ3) is 4.68. The molecule has 0 saturated carbocycles. The SMILES string of the molecule is CC(=O)c1ccc(OC(C)(C)C(=O)OC(C)(C)C)cc1. The van der Waals surface area contributed by atoms with Gasteiger partial charge in [0.2, 0.25) is 0 Å². The van der Waals surface area contributed by atoms with E-state index in [0.29, 0.717) is 11.3 Å². The quantitative estimate of drug-likeness (QED) is 0.625. The average Bonchev–Trinajstić information content (AvgIpc) is 2.26. The second kappa shape index (κ2) is 5.65. The molecule has 0 unspecified atom stereocenters. The minimum Gasteiger partial charge on any atom is -0.476 e. The van der Waals surface area contributed by atoms with Crippen LogP contribution in [0.4, 0.5) is 0 Å². The lowest BCUT2D eigenvalue weighted by Crippen LogP contribution is -2.43. The summed E-state index contributed by atoms with van der Waals surface area (Å²) < 4.78 is 11.0. The molecule has 0 aliphatic heterocycles. The summed E-state index contributed by atoms with van der Waals surface area (Å²) in [5, 5.41) is 0. The summed E-state index contributed by atoms with van der Waals surface area (Å²) >= 11 is 0. The molecule has 0 radical (unpaired) electrons. The number of carbonyl (C=O) groups excluding carboxylic acids is 2. The molecule has 20 heavy (non-hydrogen) atoms. The summed E-state index contributed by atoms with van der Waals surface area (Å²) in [6, 6.07) is 6.68. The average molecular weight is 278 g/mol. The highest BCUT2D eigenvalue weighted by Gasteiger charge is 2.34. The van der Waals surface area contributed by atoms with E-state index in [4.69, 9.17) is 9.47 Å². The van der Waals surface area contributed by atoms with Crippen LogP contribution in [0.5, 0.6) is 5.75 Å². The van der Waals surface area contributed by atoms with Crippen LogP contribution in [-0.2, 0) is 9.53 Å². The topological polar surface area (TPSA) is 52.6 Å². The highest BCUT2D eigenvalue weighted by atomic mass is 16.6. The van der Waals surface area contributed by atoms with Crippen LogP contribution in [0.2, 0.25) is 0 Å². The first-order valence-electron chi connectivity index (χ1n) is 6.55. The molecule has 0 fully saturated rings. The Balaban J connectivity index is 2.80. The summed E-state index contributed by atoms with van der Waals surface area (Å²) in [5.74, 6) is 0.0782. The molecule has 0 atom stereocenters. The lowest BCUT2D eigenvalue weighted by atomic mass is 10.1. The first-order chi connectivity index (χ1) is 9.01. The van der Waals surface area contributed by atoms with Crippen molar-refractivity contribution in [1.82, 2.24) is 0 Å². The van der Waals surface area contributed by atoms with E-state index in [1.54, 1.807) is 38.1 Å². The van der Waals surface area contributed by atoms with Crippen LogP contribution in [0.15, 0.2) is 24.3 Å². The van der Waals surface area contributed by atoms with Gasteiger partial charge in [0, 0.05) is 5.56 Å². The van der Waals surface area contributed by atoms with Crippen molar-refractivity contribution in [3.63, 3.8) is 0 Å². The Hall–Kier alpha value is -1.84. The molecule has 1 aromatic rings. The molecule has 1 aromatic carbocycles. The fraction of sp³-hybridized carbons (Fsp3) is 0.500. The zero-order valence-electron chi connectivity index (χ0n) is 12.9. The maximum absolute atomic E-state index is 12.1. The number of ketones is 1. The molecule has 0 aliphatic carbocycles. The number of ether oxygens (including phenoxy) is 2. The third-order valence-corrected chi connectivity index (χ3v) is 2.52. The Morgan fingerprint density at radius 1 is 0.950 bits per heavy atom. The molecule has 0 spiro atoms. The maximum Gasteiger partial charge on any atom is 0.350 e. The van der Waals surface area contributed by atoms with Crippen LogP contribution in [-0.4, -0.2) is 23.0 Å². The fourth-order valence-electron chi connectivity index (χ4n) is 1.49. The van der Waals surface area contributed by atoms with Crippen molar-refractivity contribution in [2.75, 3.05) is 0 Å². The summed E-state index contributed by atoms with van der Waals surface area (Å²) in [6.45, 7) is 10.2. The van der Waals surface area contributed by atoms with Gasteiger partial charge in [-0.3, -0.25) is 4.79 Å². The van der Waals surface area contributed by atoms with E-state index >= 15 is 0 Å². The lowest BCUT2D eigenvalue weighted by Gasteiger charge is -2.29. The molecule has 0 aromatic heterocycles. The summed E-state index contributed by atoms with van der Waals surface area (Å²) in [6.07, 6.45) is 0. The zero-order chi connectivity index (χ0) is 15.6. The lowest BCUT2D eigenvalue weighted by molar-refractivity contribution is -0.170. The van der Waals surface area contributed by atoms with E-state index in [1.165, 1.54) is 6.92 Å². The highest BCUT2D eigenvalue weighted by Crippen LogP contribution is 2.22. The summed E-state index contributed by atoms with van der Waals surface area (Å²) in [7, 11) is 0. The fourth-order valence-corrected chi connectivity index (χ4v) is 1.49. The van der Waals surface area contributed by atoms with Crippen molar-refractivity contribution in [2.24, 2.45) is 0 Å². The molecule has 110 valence electrons. The largest absolute Gasteiger partial charge is 0.476 e. The molecule has 0 bridgehead atoms. The zero-order valence-corrected chi connectivity index (χ0v) is 12.9. The van der Waals surface area contributed by atoms with Crippen molar-refractivity contribution < 1.29 is 19.1 Å². The standard InChI is InChI=1S/C16H22O4/c1-11(17)12-7-9-13(10-8-12)19-16(5,6)14(18)20-15(2,3)4/h7-10H,1-6H3. The smallest absolute Gasteiger partial charge is 0.350 e. The normalized spacial score (nSPS) is 11.9. The van der Waals surface area contributed by atoms with Gasteiger partial charge in [0.25, 0.3) is 0 Å². The van der Waals surface area contributed by atoms with Crippen LogP contribution in [0.1, 0.15) is 51.9 Å². The molecule has 0 saturated heterocycles. The van der Waals surface area contributed by atoms with E-state index < -0.39 is 17.2 Å². The third-order valence-electron chi connectivity index (χ3n) is 2.52. The number of benzene rings is 1. The van der Waals surface area contributed by atoms with E-state index in [0.717, 1.165) is 0 Å². The van der Waals surface area contributed by atoms with Crippen LogP contribution < -0.4 is 4.74 Å². The summed E-state index contributed by atoms with van der Waals surface area (Å²) in [4.78, 5) is 23.3. The first-order valence-corrected chi connectivity index (χ1v) is 6.55. The second-order valence-corrected chi connectivity index (χ2v) is 6.19. The number of Topliss-reactive ketones (excluding diaryl/α,β-unsaturated/α-hetero) is 1. The van der Waals surface area contributed by atoms with E-state index in [9.17, 15) is 9.59 Å². The minimum absolute atomic E-state index is 0.0112. The van der Waals surface area contributed by atoms with Gasteiger partial charge in [-0.15, -0.1) is 0 Å². The molecular weight excluding hydrogens is 256 g/mol. The predicted molar refractivity (Wildman–Crippen MR) is 77.0 cm³/mol. The number of hydrogen-bond acceptors (Lipinski definition) is 4. The van der Waals surface area contributed by atoms with Crippen molar-refractivity contribution in [1.29, 1.82) is 0 Å². The molecule has 1 rings (SSSR count). The Kier molecular flexibility index (Phi) is 4.58. The number of carbonyl (C=O) groups is 2. The Morgan fingerprint density at radius 2 is 1.45 bits per heavy atom. The van der Waals surface area contributed by atoms with E-state index in [-0.39, 0.29) is 5.78 Å². The molecular formula is C16H22O4. The van der Waals surface area contributed by atoms with Crippen molar-refractivity contribution >= 4 is 11.8 Å². The molecule has 4 nitrogen and oxygen atoms in total. The number of esters is 1. The van der Waals surface area contributed by atoms with Gasteiger partial charge in [0.05, 0.1) is 0 Å². The Morgan fingerprint density at radius 3 is 1.85 bits per heavy atom. The van der Waals surface area contributed by atoms with Gasteiger partial charge in [0.15, 0.2) is 11.4 Å². The van der Waals surface area contributed by atoms with Crippen LogP contribution in [0.25, 0.3) is 0 Å². The van der Waals surface area contributed by atoms with Gasteiger partial charge in [-0.2, -0.15) is 0 Å². The van der Waals surface area contributed by atoms with E-state index in [2.05, 4.69) is 0 Å². The van der Waals surface area contributed by atoms with Gasteiger partial charge in [0.1, 0.15) is 11.4 Å². The molecule has 0 N–H and O–H groups in total. The predicted octanol–water partition coefficient (Wildman–Crippen LogP) is 3.39. The molecule has 0 amide bonds. The van der Waals surface area contributed by atoms with Gasteiger partial charge >= 0.3 is 5.97 Å². The first kappa shape index (κ1) is 16.2. The Bertz CT molecular complexity index is 492. The van der Waals surface area contributed by atoms with Gasteiger partial charge < -0.3 is 9.47 Å². The van der Waals surface area contributed by atoms with Crippen molar-refractivity contribution in [3.8, 4) is 5.75 Å². The number of hydrogen-bond donors (Lipinski definition) is 0. The summed E-state index contributed by atoms with van der Waals surface area (Å²) in [5.41, 5.74) is -1.05. The van der Waals surface area contributed by atoms with E-state index in [1.807, 2.05) is 20.8 Å².